The molecule has 0 aromatic carbocycles. The van der Waals surface area contributed by atoms with Crippen molar-refractivity contribution in [3.05, 3.63) is 0 Å². The minimum Gasteiger partial charge on any atom is -0.480 e. The van der Waals surface area contributed by atoms with Crippen LogP contribution in [-0.2, 0) is 14.8 Å². The minimum absolute atomic E-state index is 0.487. The molecule has 0 unspecified atom stereocenters. The van der Waals surface area contributed by atoms with Crippen LogP contribution in [0.2, 0.25) is 0 Å². The maximum atomic E-state index is 12.5. The molecule has 0 saturated carbocycles. The zero-order chi connectivity index (χ0) is 12.1. The summed E-state index contributed by atoms with van der Waals surface area (Å²) in [6.45, 7) is 0.0698. The Bertz CT molecular complexity index is 382. The third-order valence-electron chi connectivity index (χ3n) is 2.32. The molecule has 0 radical (unpaired) electrons. The average Bonchev–Trinajstić information content (AvgIpc) is 1.99. The number of carboxylic acid groups (broad SMARTS) is 1. The molecule has 0 atom stereocenters. The lowest BCUT2D eigenvalue weighted by Gasteiger charge is -2.40. The number of halogens is 2. The van der Waals surface area contributed by atoms with E-state index in [4.69, 9.17) is 5.11 Å². The van der Waals surface area contributed by atoms with Gasteiger partial charge in [0.25, 0.3) is 5.92 Å². The molecule has 0 spiro atoms. The highest BCUT2D eigenvalue weighted by molar-refractivity contribution is 7.91. The molecule has 1 saturated heterocycles. The molecule has 1 fully saturated rings. The lowest BCUT2D eigenvalue weighted by Crippen LogP contribution is -2.63. The Hall–Kier alpha value is -0.760. The SMILES string of the molecule is CC(C)(C(=O)O)S(=O)(=O)N1CC(F)(F)C1. The highest BCUT2D eigenvalue weighted by Gasteiger charge is 2.56. The van der Waals surface area contributed by atoms with E-state index in [0.717, 1.165) is 13.8 Å². The summed E-state index contributed by atoms with van der Waals surface area (Å²) in [5.74, 6) is -4.60. The third kappa shape index (κ3) is 1.83. The maximum absolute atomic E-state index is 12.5. The lowest BCUT2D eigenvalue weighted by molar-refractivity contribution is -0.139. The van der Waals surface area contributed by atoms with Gasteiger partial charge in [0.1, 0.15) is 0 Å². The van der Waals surface area contributed by atoms with Gasteiger partial charge in [0, 0.05) is 0 Å². The first kappa shape index (κ1) is 12.3. The second kappa shape index (κ2) is 3.11. The first-order valence-corrected chi connectivity index (χ1v) is 5.56. The second-order valence-corrected chi connectivity index (χ2v) is 6.43. The van der Waals surface area contributed by atoms with Crippen LogP contribution in [0.25, 0.3) is 0 Å². The van der Waals surface area contributed by atoms with E-state index >= 15 is 0 Å². The molecular weight excluding hydrogens is 232 g/mol. The largest absolute Gasteiger partial charge is 0.480 e. The standard InChI is InChI=1S/C7H11F2NO4S/c1-6(2,5(11)12)15(13,14)10-3-7(8,9)4-10/h3-4H2,1-2H3,(H,11,12). The zero-order valence-electron chi connectivity index (χ0n) is 8.20. The van der Waals surface area contributed by atoms with Crippen LogP contribution in [0.1, 0.15) is 13.8 Å². The van der Waals surface area contributed by atoms with E-state index in [1.54, 1.807) is 0 Å². The van der Waals surface area contributed by atoms with Gasteiger partial charge in [-0.1, -0.05) is 0 Å². The summed E-state index contributed by atoms with van der Waals surface area (Å²) >= 11 is 0. The Morgan fingerprint density at radius 3 is 2.07 bits per heavy atom. The quantitative estimate of drug-likeness (QED) is 0.764. The summed E-state index contributed by atoms with van der Waals surface area (Å²) in [4.78, 5) is 10.7. The minimum atomic E-state index is -4.22. The summed E-state index contributed by atoms with van der Waals surface area (Å²) in [6, 6.07) is 0. The van der Waals surface area contributed by atoms with Crippen molar-refractivity contribution >= 4 is 16.0 Å². The summed E-state index contributed by atoms with van der Waals surface area (Å²) in [6.07, 6.45) is 0. The molecule has 1 heterocycles. The van der Waals surface area contributed by atoms with Gasteiger partial charge in [-0.05, 0) is 13.8 Å². The Balaban J connectivity index is 2.92. The van der Waals surface area contributed by atoms with Crippen LogP contribution in [-0.4, -0.2) is 47.6 Å². The van der Waals surface area contributed by atoms with Crippen LogP contribution in [0.15, 0.2) is 0 Å². The number of nitrogens with zero attached hydrogens (tertiary/aromatic N) is 1. The summed E-state index contributed by atoms with van der Waals surface area (Å²) in [7, 11) is -4.22. The van der Waals surface area contributed by atoms with Crippen molar-refractivity contribution in [2.24, 2.45) is 0 Å². The fourth-order valence-corrected chi connectivity index (χ4v) is 2.66. The van der Waals surface area contributed by atoms with E-state index in [2.05, 4.69) is 0 Å². The average molecular weight is 243 g/mol. The molecule has 0 amide bonds. The Morgan fingerprint density at radius 1 is 1.40 bits per heavy atom. The molecule has 88 valence electrons. The summed E-state index contributed by atoms with van der Waals surface area (Å²) in [5, 5.41) is 8.68. The van der Waals surface area contributed by atoms with Crippen LogP contribution in [0, 0.1) is 0 Å². The fourth-order valence-electron chi connectivity index (χ4n) is 1.07. The monoisotopic (exact) mass is 243 g/mol. The summed E-state index contributed by atoms with van der Waals surface area (Å²) in [5.41, 5.74) is 0. The molecule has 15 heavy (non-hydrogen) atoms. The molecule has 1 aliphatic heterocycles. The van der Waals surface area contributed by atoms with Gasteiger partial charge >= 0.3 is 5.97 Å². The fraction of sp³-hybridized carbons (Fsp3) is 0.857. The van der Waals surface area contributed by atoms with Crippen molar-refractivity contribution in [2.75, 3.05) is 13.1 Å². The van der Waals surface area contributed by atoms with E-state index in [-0.39, 0.29) is 0 Å². The van der Waals surface area contributed by atoms with Gasteiger partial charge in [0.15, 0.2) is 4.75 Å². The number of rotatable bonds is 3. The molecule has 0 aromatic rings. The first-order chi connectivity index (χ1) is 6.51. The molecule has 1 aliphatic rings. The predicted molar refractivity (Wildman–Crippen MR) is 47.2 cm³/mol. The van der Waals surface area contributed by atoms with E-state index < -0.39 is 39.8 Å². The molecule has 8 heteroatoms. The smallest absolute Gasteiger partial charge is 0.325 e. The van der Waals surface area contributed by atoms with Crippen molar-refractivity contribution in [1.29, 1.82) is 0 Å². The number of aliphatic carboxylic acids is 1. The van der Waals surface area contributed by atoms with Gasteiger partial charge in [0.2, 0.25) is 10.0 Å². The molecule has 0 bridgehead atoms. The van der Waals surface area contributed by atoms with Gasteiger partial charge in [-0.15, -0.1) is 0 Å². The Kier molecular flexibility index (Phi) is 2.56. The summed E-state index contributed by atoms with van der Waals surface area (Å²) < 4.78 is 46.5. The number of alkyl halides is 2. The second-order valence-electron chi connectivity index (χ2n) is 3.94. The predicted octanol–water partition coefficient (Wildman–Crippen LogP) is 0.130. The van der Waals surface area contributed by atoms with E-state index in [1.807, 2.05) is 0 Å². The van der Waals surface area contributed by atoms with Crippen molar-refractivity contribution in [3.8, 4) is 0 Å². The van der Waals surface area contributed by atoms with Gasteiger partial charge in [0.05, 0.1) is 13.1 Å². The third-order valence-corrected chi connectivity index (χ3v) is 4.72. The van der Waals surface area contributed by atoms with Gasteiger partial charge in [-0.3, -0.25) is 4.79 Å². The Morgan fingerprint density at radius 2 is 1.80 bits per heavy atom. The van der Waals surface area contributed by atoms with Crippen LogP contribution < -0.4 is 0 Å². The Labute approximate surface area is 85.7 Å². The molecule has 1 rings (SSSR count). The van der Waals surface area contributed by atoms with Crippen LogP contribution in [0.3, 0.4) is 0 Å². The molecule has 1 N–H and O–H groups in total. The molecule has 0 aromatic heterocycles. The molecule has 5 nitrogen and oxygen atoms in total. The maximum Gasteiger partial charge on any atom is 0.325 e. The van der Waals surface area contributed by atoms with E-state index in [0.29, 0.717) is 4.31 Å². The number of carbonyl (C=O) groups is 1. The highest BCUT2D eigenvalue weighted by Crippen LogP contribution is 2.33. The van der Waals surface area contributed by atoms with Gasteiger partial charge in [-0.25, -0.2) is 17.2 Å². The number of carboxylic acids is 1. The number of hydrogen-bond donors (Lipinski definition) is 1. The van der Waals surface area contributed by atoms with Crippen molar-refractivity contribution < 1.29 is 27.1 Å². The highest BCUT2D eigenvalue weighted by atomic mass is 32.2. The first-order valence-electron chi connectivity index (χ1n) is 4.12. The van der Waals surface area contributed by atoms with Crippen molar-refractivity contribution in [2.45, 2.75) is 24.5 Å². The molecular formula is C7H11F2NO4S. The van der Waals surface area contributed by atoms with Crippen LogP contribution in [0.5, 0.6) is 0 Å². The van der Waals surface area contributed by atoms with Crippen LogP contribution >= 0.6 is 0 Å². The van der Waals surface area contributed by atoms with E-state index in [1.165, 1.54) is 0 Å². The lowest BCUT2D eigenvalue weighted by atomic mass is 10.2. The van der Waals surface area contributed by atoms with Gasteiger partial charge < -0.3 is 5.11 Å². The normalized spacial score (nSPS) is 22.1. The van der Waals surface area contributed by atoms with E-state index in [9.17, 15) is 22.0 Å². The van der Waals surface area contributed by atoms with Crippen molar-refractivity contribution in [3.63, 3.8) is 0 Å². The van der Waals surface area contributed by atoms with Gasteiger partial charge in [-0.2, -0.15) is 4.31 Å². The van der Waals surface area contributed by atoms with Crippen molar-refractivity contribution in [1.82, 2.24) is 4.31 Å². The topological polar surface area (TPSA) is 74.7 Å². The number of hydrogen-bond acceptors (Lipinski definition) is 3. The number of sulfonamides is 1. The molecule has 0 aliphatic carbocycles. The zero-order valence-corrected chi connectivity index (χ0v) is 9.01. The van der Waals surface area contributed by atoms with Crippen LogP contribution in [0.4, 0.5) is 8.78 Å².